The largest absolute Gasteiger partial charge is 0.312 e. The summed E-state index contributed by atoms with van der Waals surface area (Å²) < 4.78 is 4.31. The van der Waals surface area contributed by atoms with Crippen LogP contribution in [0, 0.1) is 4.77 Å². The van der Waals surface area contributed by atoms with Crippen LogP contribution in [0.25, 0.3) is 5.65 Å². The van der Waals surface area contributed by atoms with Crippen LogP contribution < -0.4 is 4.90 Å². The summed E-state index contributed by atoms with van der Waals surface area (Å²) in [4.78, 5) is 1.53. The second-order valence-electron chi connectivity index (χ2n) is 5.95. The Labute approximate surface area is 139 Å². The number of piperidine rings is 1. The van der Waals surface area contributed by atoms with Gasteiger partial charge >= 0.3 is 0 Å². The van der Waals surface area contributed by atoms with Crippen molar-refractivity contribution < 1.29 is 4.90 Å². The predicted octanol–water partition coefficient (Wildman–Crippen LogP) is 2.98. The van der Waals surface area contributed by atoms with Crippen LogP contribution in [-0.2, 0) is 6.67 Å². The molecule has 0 bridgehead atoms. The SMILES string of the molecule is C[C@@H]1CCC[C@H](C)[NH+]1Cn1nc2c(Cl)cc(Cl)cn2c1=S. The molecule has 2 aromatic heterocycles. The highest BCUT2D eigenvalue weighted by Crippen LogP contribution is 2.21. The maximum atomic E-state index is 6.21. The number of likely N-dealkylation sites (tertiary alicyclic amines) is 1. The van der Waals surface area contributed by atoms with Crippen molar-refractivity contribution in [3.8, 4) is 0 Å². The highest BCUT2D eigenvalue weighted by Gasteiger charge is 2.29. The average molecular weight is 346 g/mol. The van der Waals surface area contributed by atoms with Crippen LogP contribution in [0.5, 0.6) is 0 Å². The molecule has 0 aliphatic carbocycles. The van der Waals surface area contributed by atoms with Crippen LogP contribution in [0.3, 0.4) is 0 Å². The van der Waals surface area contributed by atoms with E-state index in [0.717, 1.165) is 6.67 Å². The fraction of sp³-hybridized carbons (Fsp3) is 0.571. The average Bonchev–Trinajstić information content (AvgIpc) is 2.72. The van der Waals surface area contributed by atoms with Crippen molar-refractivity contribution in [2.45, 2.75) is 51.9 Å². The molecule has 1 aliphatic heterocycles. The monoisotopic (exact) mass is 345 g/mol. The van der Waals surface area contributed by atoms with Crippen LogP contribution in [-0.4, -0.2) is 26.3 Å². The summed E-state index contributed by atoms with van der Waals surface area (Å²) in [6.07, 6.45) is 5.59. The van der Waals surface area contributed by atoms with E-state index in [9.17, 15) is 0 Å². The van der Waals surface area contributed by atoms with Gasteiger partial charge in [-0.25, -0.2) is 0 Å². The molecule has 1 saturated heterocycles. The number of rotatable bonds is 2. The van der Waals surface area contributed by atoms with Crippen molar-refractivity contribution >= 4 is 41.1 Å². The molecule has 3 atom stereocenters. The Morgan fingerprint density at radius 3 is 2.67 bits per heavy atom. The molecule has 0 radical (unpaired) electrons. The first-order chi connectivity index (χ1) is 9.97. The van der Waals surface area contributed by atoms with E-state index < -0.39 is 0 Å². The molecule has 21 heavy (non-hydrogen) atoms. The van der Waals surface area contributed by atoms with E-state index >= 15 is 0 Å². The van der Waals surface area contributed by atoms with Crippen molar-refractivity contribution in [3.05, 3.63) is 27.1 Å². The zero-order valence-electron chi connectivity index (χ0n) is 12.1. The summed E-state index contributed by atoms with van der Waals surface area (Å²) in [5, 5.41) is 5.67. The van der Waals surface area contributed by atoms with Gasteiger partial charge in [-0.3, -0.25) is 4.40 Å². The lowest BCUT2D eigenvalue weighted by atomic mass is 9.98. The van der Waals surface area contributed by atoms with Crippen molar-refractivity contribution in [1.82, 2.24) is 14.2 Å². The Hall–Kier alpha value is -0.620. The lowest BCUT2D eigenvalue weighted by Crippen LogP contribution is -3.18. The number of fused-ring (bicyclic) bond motifs is 1. The summed E-state index contributed by atoms with van der Waals surface area (Å²) >= 11 is 17.8. The molecule has 1 fully saturated rings. The molecule has 0 amide bonds. The first kappa shape index (κ1) is 15.3. The number of quaternary nitrogens is 1. The topological polar surface area (TPSA) is 26.7 Å². The Kier molecular flexibility index (Phi) is 4.28. The zero-order valence-corrected chi connectivity index (χ0v) is 14.5. The fourth-order valence-corrected chi connectivity index (χ4v) is 3.97. The lowest BCUT2D eigenvalue weighted by Gasteiger charge is -2.35. The number of hydrogen-bond donors (Lipinski definition) is 1. The molecule has 2 aromatic rings. The highest BCUT2D eigenvalue weighted by molar-refractivity contribution is 7.71. The van der Waals surface area contributed by atoms with E-state index in [1.807, 2.05) is 4.68 Å². The van der Waals surface area contributed by atoms with E-state index in [-0.39, 0.29) is 0 Å². The van der Waals surface area contributed by atoms with Gasteiger partial charge in [-0.05, 0) is 51.4 Å². The minimum Gasteiger partial charge on any atom is -0.312 e. The number of aromatic nitrogens is 3. The maximum absolute atomic E-state index is 6.21. The Morgan fingerprint density at radius 2 is 2.00 bits per heavy atom. The van der Waals surface area contributed by atoms with Crippen molar-refractivity contribution in [3.63, 3.8) is 0 Å². The third-order valence-electron chi connectivity index (χ3n) is 4.47. The van der Waals surface area contributed by atoms with Gasteiger partial charge in [-0.2, -0.15) is 4.68 Å². The summed E-state index contributed by atoms with van der Waals surface area (Å²) in [7, 11) is 0. The van der Waals surface area contributed by atoms with Gasteiger partial charge in [0.15, 0.2) is 12.3 Å². The summed E-state index contributed by atoms with van der Waals surface area (Å²) in [6.45, 7) is 5.37. The molecule has 1 N–H and O–H groups in total. The van der Waals surface area contributed by atoms with Crippen molar-refractivity contribution in [1.29, 1.82) is 0 Å². The second kappa shape index (κ2) is 5.88. The maximum Gasteiger partial charge on any atom is 0.207 e. The molecule has 0 spiro atoms. The molecular formula is C14H19Cl2N4S+. The van der Waals surface area contributed by atoms with E-state index in [1.54, 1.807) is 16.7 Å². The van der Waals surface area contributed by atoms with E-state index in [4.69, 9.17) is 35.4 Å². The van der Waals surface area contributed by atoms with Gasteiger partial charge < -0.3 is 4.90 Å². The van der Waals surface area contributed by atoms with Crippen LogP contribution in [0.4, 0.5) is 0 Å². The van der Waals surface area contributed by atoms with Crippen LogP contribution in [0.15, 0.2) is 12.3 Å². The molecule has 1 aliphatic rings. The molecule has 0 aromatic carbocycles. The van der Waals surface area contributed by atoms with Gasteiger partial charge in [0.25, 0.3) is 0 Å². The normalized spacial score (nSPS) is 26.4. The minimum atomic E-state index is 0.530. The smallest absolute Gasteiger partial charge is 0.207 e. The quantitative estimate of drug-likeness (QED) is 0.847. The molecule has 4 nitrogen and oxygen atoms in total. The van der Waals surface area contributed by atoms with Crippen LogP contribution >= 0.6 is 35.4 Å². The third-order valence-corrected chi connectivity index (χ3v) is 5.37. The number of halogens is 2. The Bertz CT molecular complexity index is 714. The van der Waals surface area contributed by atoms with Gasteiger partial charge in [0.1, 0.15) is 0 Å². The number of pyridine rings is 1. The molecule has 0 saturated carbocycles. The first-order valence-electron chi connectivity index (χ1n) is 7.27. The lowest BCUT2D eigenvalue weighted by molar-refractivity contribution is -0.972. The molecule has 3 rings (SSSR count). The third kappa shape index (κ3) is 2.84. The first-order valence-corrected chi connectivity index (χ1v) is 8.43. The number of hydrogen-bond acceptors (Lipinski definition) is 2. The van der Waals surface area contributed by atoms with Gasteiger partial charge in [0.05, 0.1) is 22.1 Å². The van der Waals surface area contributed by atoms with Crippen LogP contribution in [0.1, 0.15) is 33.1 Å². The molecule has 114 valence electrons. The standard InChI is InChI=1S/C14H18Cl2N4S/c1-9-4-3-5-10(2)19(9)8-20-14(21)18-7-11(15)6-12(16)13(18)17-20/h6-7,9-10H,3-5,8H2,1-2H3/p+1/t9-,10+. The van der Waals surface area contributed by atoms with Gasteiger partial charge in [0.2, 0.25) is 4.77 Å². The highest BCUT2D eigenvalue weighted by atomic mass is 35.5. The number of nitrogens with one attached hydrogen (secondary N) is 1. The molecular weight excluding hydrogens is 327 g/mol. The Balaban J connectivity index is 1.99. The summed E-state index contributed by atoms with van der Waals surface area (Å²) in [5.41, 5.74) is 0.669. The summed E-state index contributed by atoms with van der Waals surface area (Å²) in [6, 6.07) is 2.95. The number of nitrogens with zero attached hydrogens (tertiary/aromatic N) is 3. The van der Waals surface area contributed by atoms with E-state index in [0.29, 0.717) is 32.5 Å². The van der Waals surface area contributed by atoms with Crippen LogP contribution in [0.2, 0.25) is 10.0 Å². The summed E-state index contributed by atoms with van der Waals surface area (Å²) in [5.74, 6) is 0. The van der Waals surface area contributed by atoms with Crippen molar-refractivity contribution in [2.24, 2.45) is 0 Å². The van der Waals surface area contributed by atoms with Gasteiger partial charge in [-0.1, -0.05) is 23.2 Å². The zero-order chi connectivity index (χ0) is 15.1. The van der Waals surface area contributed by atoms with E-state index in [1.165, 1.54) is 24.2 Å². The molecule has 3 heterocycles. The molecule has 1 unspecified atom stereocenters. The minimum absolute atomic E-state index is 0.530. The van der Waals surface area contributed by atoms with E-state index in [2.05, 4.69) is 18.9 Å². The fourth-order valence-electron chi connectivity index (χ4n) is 3.22. The second-order valence-corrected chi connectivity index (χ2v) is 7.16. The van der Waals surface area contributed by atoms with Gasteiger partial charge in [0, 0.05) is 6.20 Å². The molecule has 7 heteroatoms. The van der Waals surface area contributed by atoms with Crippen molar-refractivity contribution in [2.75, 3.05) is 0 Å². The van der Waals surface area contributed by atoms with Gasteiger partial charge in [-0.15, -0.1) is 5.10 Å². The predicted molar refractivity (Wildman–Crippen MR) is 87.8 cm³/mol. The Morgan fingerprint density at radius 1 is 1.33 bits per heavy atom.